The predicted molar refractivity (Wildman–Crippen MR) is 253 cm³/mol. The Kier molecular flexibility index (Phi) is 44.3. The molecule has 0 aliphatic heterocycles. The summed E-state index contributed by atoms with van der Waals surface area (Å²) < 4.78 is 22.7. The fourth-order valence-electron chi connectivity index (χ4n) is 7.91. The van der Waals surface area contributed by atoms with Gasteiger partial charge in [-0.05, 0) is 25.7 Å². The summed E-state index contributed by atoms with van der Waals surface area (Å²) in [6.45, 7) is 8.91. The Bertz CT molecular complexity index is 839. The molecule has 0 saturated heterocycles. The standard InChI is InChI=1S/C53H100O8/c1-5-9-13-17-21-25-29-33-37-41-45-49(54)58-53(59-50(55)46-42-38-34-30-26-22-18-14-10-6-2,60-51(56)47-43-39-35-31-27-23-19-15-11-7-3)61-52(57)48-44-40-36-32-28-24-20-16-12-8-4/h5-48H2,1-4H3. The zero-order valence-electron chi connectivity index (χ0n) is 40.9. The summed E-state index contributed by atoms with van der Waals surface area (Å²) in [5, 5.41) is 0. The first-order chi connectivity index (χ1) is 29.8. The lowest BCUT2D eigenvalue weighted by Gasteiger charge is -2.29. The lowest BCUT2D eigenvalue weighted by Crippen LogP contribution is -2.48. The normalized spacial score (nSPS) is 11.5. The number of carbonyl (C=O) groups is 4. The Balaban J connectivity index is 5.51. The molecule has 0 bridgehead atoms. The van der Waals surface area contributed by atoms with Crippen LogP contribution in [0, 0.1) is 0 Å². The lowest BCUT2D eigenvalue weighted by molar-refractivity contribution is -0.432. The Morgan fingerprint density at radius 3 is 0.508 bits per heavy atom. The largest absolute Gasteiger partial charge is 0.619 e. The van der Waals surface area contributed by atoms with Crippen molar-refractivity contribution in [3.05, 3.63) is 0 Å². The first-order valence-corrected chi connectivity index (χ1v) is 26.7. The van der Waals surface area contributed by atoms with Crippen LogP contribution in [0.2, 0.25) is 0 Å². The Morgan fingerprint density at radius 2 is 0.361 bits per heavy atom. The van der Waals surface area contributed by atoms with E-state index in [9.17, 15) is 19.2 Å². The maximum atomic E-state index is 13.4. The molecular formula is C53H100O8. The van der Waals surface area contributed by atoms with Crippen molar-refractivity contribution in [2.45, 2.75) is 316 Å². The van der Waals surface area contributed by atoms with E-state index in [-0.39, 0.29) is 25.7 Å². The van der Waals surface area contributed by atoms with Gasteiger partial charge in [0.25, 0.3) is 0 Å². The van der Waals surface area contributed by atoms with Crippen LogP contribution < -0.4 is 0 Å². The van der Waals surface area contributed by atoms with E-state index in [0.29, 0.717) is 25.7 Å². The van der Waals surface area contributed by atoms with Gasteiger partial charge in [-0.3, -0.25) is 19.2 Å². The van der Waals surface area contributed by atoms with Gasteiger partial charge >= 0.3 is 30.0 Å². The van der Waals surface area contributed by atoms with Crippen LogP contribution in [0.1, 0.15) is 310 Å². The number of ether oxygens (including phenoxy) is 4. The third kappa shape index (κ3) is 41.6. The number of esters is 4. The third-order valence-electron chi connectivity index (χ3n) is 11.9. The molecule has 0 atom stereocenters. The molecule has 0 saturated carbocycles. The zero-order chi connectivity index (χ0) is 44.8. The van der Waals surface area contributed by atoms with Gasteiger partial charge in [-0.25, -0.2) is 0 Å². The predicted octanol–water partition coefficient (Wildman–Crippen LogP) is 17.0. The quantitative estimate of drug-likeness (QED) is 0.0338. The Hall–Kier alpha value is -2.12. The molecular weight excluding hydrogens is 765 g/mol. The van der Waals surface area contributed by atoms with E-state index in [4.69, 9.17) is 18.9 Å². The smallest absolute Gasteiger partial charge is 0.352 e. The molecule has 0 heterocycles. The second-order valence-electron chi connectivity index (χ2n) is 18.1. The van der Waals surface area contributed by atoms with Gasteiger partial charge in [0.2, 0.25) is 0 Å². The molecule has 0 aromatic heterocycles. The van der Waals surface area contributed by atoms with Crippen LogP contribution in [0.25, 0.3) is 0 Å². The van der Waals surface area contributed by atoms with Crippen LogP contribution in [0.15, 0.2) is 0 Å². The van der Waals surface area contributed by atoms with E-state index < -0.39 is 30.0 Å². The van der Waals surface area contributed by atoms with E-state index in [1.165, 1.54) is 154 Å². The highest BCUT2D eigenvalue weighted by Gasteiger charge is 2.49. The minimum absolute atomic E-state index is 0.0419. The van der Waals surface area contributed by atoms with E-state index in [0.717, 1.165) is 77.0 Å². The monoisotopic (exact) mass is 865 g/mol. The van der Waals surface area contributed by atoms with Crippen molar-refractivity contribution >= 4 is 23.9 Å². The number of unbranched alkanes of at least 4 members (excludes halogenated alkanes) is 36. The summed E-state index contributed by atoms with van der Waals surface area (Å²) in [7, 11) is 0. The van der Waals surface area contributed by atoms with E-state index in [2.05, 4.69) is 27.7 Å². The summed E-state index contributed by atoms with van der Waals surface area (Å²) in [5.74, 6) is -2.87. The van der Waals surface area contributed by atoms with E-state index >= 15 is 0 Å². The van der Waals surface area contributed by atoms with Gasteiger partial charge in [-0.1, -0.05) is 259 Å². The van der Waals surface area contributed by atoms with Crippen molar-refractivity contribution < 1.29 is 38.1 Å². The second kappa shape index (κ2) is 45.9. The summed E-state index contributed by atoms with van der Waals surface area (Å²) in [5.41, 5.74) is 0. The minimum Gasteiger partial charge on any atom is -0.352 e. The third-order valence-corrected chi connectivity index (χ3v) is 11.9. The van der Waals surface area contributed by atoms with E-state index in [1.807, 2.05) is 0 Å². The second-order valence-corrected chi connectivity index (χ2v) is 18.1. The molecule has 0 aliphatic rings. The minimum atomic E-state index is -2.85. The summed E-state index contributed by atoms with van der Waals surface area (Å²) in [6.07, 6.45) is 41.7. The highest BCUT2D eigenvalue weighted by atomic mass is 17.0. The average Bonchev–Trinajstić information content (AvgIpc) is 3.23. The van der Waals surface area contributed by atoms with Gasteiger partial charge in [0, 0.05) is 25.7 Å². The van der Waals surface area contributed by atoms with Gasteiger partial charge in [0.05, 0.1) is 0 Å². The number of rotatable bonds is 48. The van der Waals surface area contributed by atoms with Crippen LogP contribution in [-0.4, -0.2) is 30.0 Å². The molecule has 0 amide bonds. The summed E-state index contributed by atoms with van der Waals surface area (Å²) in [6, 6.07) is 0. The van der Waals surface area contributed by atoms with Crippen molar-refractivity contribution in [3.8, 4) is 0 Å². The Morgan fingerprint density at radius 1 is 0.230 bits per heavy atom. The maximum absolute atomic E-state index is 13.4. The van der Waals surface area contributed by atoms with Crippen LogP contribution in [0.5, 0.6) is 0 Å². The molecule has 0 spiro atoms. The number of carbonyl (C=O) groups excluding carboxylic acids is 4. The van der Waals surface area contributed by atoms with Crippen LogP contribution in [0.4, 0.5) is 0 Å². The molecule has 0 aromatic carbocycles. The average molecular weight is 865 g/mol. The van der Waals surface area contributed by atoms with Crippen molar-refractivity contribution in [3.63, 3.8) is 0 Å². The van der Waals surface area contributed by atoms with Gasteiger partial charge in [-0.2, -0.15) is 0 Å². The summed E-state index contributed by atoms with van der Waals surface area (Å²) in [4.78, 5) is 53.5. The summed E-state index contributed by atoms with van der Waals surface area (Å²) >= 11 is 0. The molecule has 0 unspecified atom stereocenters. The molecule has 0 aromatic rings. The molecule has 0 fully saturated rings. The van der Waals surface area contributed by atoms with Crippen molar-refractivity contribution in [1.82, 2.24) is 0 Å². The van der Waals surface area contributed by atoms with Gasteiger partial charge in [0.1, 0.15) is 0 Å². The highest BCUT2D eigenvalue weighted by molar-refractivity contribution is 5.75. The van der Waals surface area contributed by atoms with Crippen LogP contribution in [-0.2, 0) is 38.1 Å². The SMILES string of the molecule is CCCCCCCCCCCCC(=O)OC(OC(=O)CCCCCCCCCCCC)(OC(=O)CCCCCCCCCCCC)OC(=O)CCCCCCCCCCCC. The molecule has 61 heavy (non-hydrogen) atoms. The van der Waals surface area contributed by atoms with Gasteiger partial charge < -0.3 is 18.9 Å². The molecule has 0 N–H and O–H groups in total. The molecule has 8 nitrogen and oxygen atoms in total. The molecule has 0 radical (unpaired) electrons. The van der Waals surface area contributed by atoms with Gasteiger partial charge in [0.15, 0.2) is 0 Å². The first kappa shape index (κ1) is 58.9. The molecule has 360 valence electrons. The fraction of sp³-hybridized carbons (Fsp3) is 0.925. The fourth-order valence-corrected chi connectivity index (χ4v) is 7.91. The Labute approximate surface area is 377 Å². The van der Waals surface area contributed by atoms with Gasteiger partial charge in [-0.15, -0.1) is 0 Å². The molecule has 0 rings (SSSR count). The van der Waals surface area contributed by atoms with E-state index in [1.54, 1.807) is 0 Å². The topological polar surface area (TPSA) is 105 Å². The lowest BCUT2D eigenvalue weighted by atomic mass is 10.1. The zero-order valence-corrected chi connectivity index (χ0v) is 40.9. The van der Waals surface area contributed by atoms with Crippen molar-refractivity contribution in [2.24, 2.45) is 0 Å². The highest BCUT2D eigenvalue weighted by Crippen LogP contribution is 2.25. The van der Waals surface area contributed by atoms with Crippen LogP contribution in [0.3, 0.4) is 0 Å². The maximum Gasteiger partial charge on any atom is 0.619 e. The van der Waals surface area contributed by atoms with Crippen molar-refractivity contribution in [2.75, 3.05) is 0 Å². The first-order valence-electron chi connectivity index (χ1n) is 26.7. The molecule has 8 heteroatoms. The number of hydrogen-bond acceptors (Lipinski definition) is 8. The van der Waals surface area contributed by atoms with Crippen LogP contribution >= 0.6 is 0 Å². The molecule has 0 aliphatic carbocycles. The number of hydrogen-bond donors (Lipinski definition) is 0. The van der Waals surface area contributed by atoms with Crippen molar-refractivity contribution in [1.29, 1.82) is 0 Å².